The molecule has 1 aromatic carbocycles. The van der Waals surface area contributed by atoms with Gasteiger partial charge in [-0.2, -0.15) is 0 Å². The molecule has 132 valence electrons. The van der Waals surface area contributed by atoms with Gasteiger partial charge in [0.1, 0.15) is 5.75 Å². The molecule has 1 fully saturated rings. The van der Waals surface area contributed by atoms with Crippen molar-refractivity contribution in [2.75, 3.05) is 7.11 Å². The van der Waals surface area contributed by atoms with E-state index in [9.17, 15) is 9.90 Å². The van der Waals surface area contributed by atoms with E-state index in [0.717, 1.165) is 24.1 Å². The zero-order valence-electron chi connectivity index (χ0n) is 14.4. The van der Waals surface area contributed by atoms with Crippen molar-refractivity contribution in [3.8, 4) is 5.75 Å². The van der Waals surface area contributed by atoms with E-state index in [-0.39, 0.29) is 12.3 Å². The monoisotopic (exact) mass is 340 g/mol. The SMILES string of the molecule is COc1ccccc1C(NC(=O)CC1(O)CCCC1)c1ccccn1. The molecule has 25 heavy (non-hydrogen) atoms. The topological polar surface area (TPSA) is 71.5 Å². The number of benzene rings is 1. The van der Waals surface area contributed by atoms with Crippen molar-refractivity contribution in [3.63, 3.8) is 0 Å². The van der Waals surface area contributed by atoms with E-state index in [1.807, 2.05) is 42.5 Å². The minimum atomic E-state index is -0.875. The van der Waals surface area contributed by atoms with Gasteiger partial charge in [-0.05, 0) is 31.0 Å². The normalized spacial score (nSPS) is 17.0. The Hall–Kier alpha value is -2.40. The van der Waals surface area contributed by atoms with Crippen LogP contribution in [0.4, 0.5) is 0 Å². The third-order valence-electron chi connectivity index (χ3n) is 4.76. The maximum absolute atomic E-state index is 12.6. The number of aromatic nitrogens is 1. The molecule has 1 aliphatic rings. The second-order valence-corrected chi connectivity index (χ2v) is 6.61. The minimum absolute atomic E-state index is 0.117. The predicted molar refractivity (Wildman–Crippen MR) is 95.3 cm³/mol. The van der Waals surface area contributed by atoms with Crippen molar-refractivity contribution in [2.45, 2.75) is 43.7 Å². The third kappa shape index (κ3) is 4.17. The molecule has 1 aliphatic carbocycles. The van der Waals surface area contributed by atoms with Gasteiger partial charge < -0.3 is 15.2 Å². The summed E-state index contributed by atoms with van der Waals surface area (Å²) in [7, 11) is 1.61. The van der Waals surface area contributed by atoms with Crippen LogP contribution in [0, 0.1) is 0 Å². The average Bonchev–Trinajstić information content (AvgIpc) is 3.06. The molecule has 5 nitrogen and oxygen atoms in total. The van der Waals surface area contributed by atoms with Gasteiger partial charge in [0.25, 0.3) is 0 Å². The van der Waals surface area contributed by atoms with Gasteiger partial charge >= 0.3 is 0 Å². The minimum Gasteiger partial charge on any atom is -0.496 e. The number of carbonyl (C=O) groups excluding carboxylic acids is 1. The van der Waals surface area contributed by atoms with Crippen molar-refractivity contribution in [3.05, 3.63) is 59.9 Å². The molecule has 0 radical (unpaired) electrons. The molecular weight excluding hydrogens is 316 g/mol. The lowest BCUT2D eigenvalue weighted by Crippen LogP contribution is -2.37. The second-order valence-electron chi connectivity index (χ2n) is 6.61. The maximum atomic E-state index is 12.6. The van der Waals surface area contributed by atoms with Crippen LogP contribution in [0.15, 0.2) is 48.7 Å². The molecule has 2 N–H and O–H groups in total. The molecule has 0 spiro atoms. The lowest BCUT2D eigenvalue weighted by atomic mass is 9.96. The van der Waals surface area contributed by atoms with Crippen molar-refractivity contribution in [1.82, 2.24) is 10.3 Å². The lowest BCUT2D eigenvalue weighted by molar-refractivity contribution is -0.126. The van der Waals surface area contributed by atoms with E-state index in [2.05, 4.69) is 10.3 Å². The van der Waals surface area contributed by atoms with Crippen LogP contribution in [-0.2, 0) is 4.79 Å². The molecule has 0 aliphatic heterocycles. The Bertz CT molecular complexity index is 712. The molecule has 1 aromatic heterocycles. The Kier molecular flexibility index (Phi) is 5.34. The van der Waals surface area contributed by atoms with Gasteiger partial charge in [0.15, 0.2) is 0 Å². The number of rotatable bonds is 6. The average molecular weight is 340 g/mol. The van der Waals surface area contributed by atoms with Crippen LogP contribution >= 0.6 is 0 Å². The number of hydrogen-bond acceptors (Lipinski definition) is 4. The first-order valence-electron chi connectivity index (χ1n) is 8.67. The van der Waals surface area contributed by atoms with Gasteiger partial charge in [0, 0.05) is 11.8 Å². The number of nitrogens with one attached hydrogen (secondary N) is 1. The molecule has 1 heterocycles. The number of para-hydroxylation sites is 1. The fraction of sp³-hybridized carbons (Fsp3) is 0.400. The fourth-order valence-corrected chi connectivity index (χ4v) is 3.48. The van der Waals surface area contributed by atoms with E-state index >= 15 is 0 Å². The molecule has 2 aromatic rings. The van der Waals surface area contributed by atoms with E-state index in [1.165, 1.54) is 0 Å². The summed E-state index contributed by atoms with van der Waals surface area (Å²) in [6.07, 6.45) is 5.13. The first-order valence-corrected chi connectivity index (χ1v) is 8.67. The lowest BCUT2D eigenvalue weighted by Gasteiger charge is -2.25. The van der Waals surface area contributed by atoms with E-state index < -0.39 is 11.6 Å². The Morgan fingerprint density at radius 1 is 1.24 bits per heavy atom. The smallest absolute Gasteiger partial charge is 0.223 e. The van der Waals surface area contributed by atoms with Gasteiger partial charge in [0.2, 0.25) is 5.91 Å². The third-order valence-corrected chi connectivity index (χ3v) is 4.76. The quantitative estimate of drug-likeness (QED) is 0.848. The molecule has 1 atom stereocenters. The first kappa shape index (κ1) is 17.4. The number of pyridine rings is 1. The highest BCUT2D eigenvalue weighted by Gasteiger charge is 2.34. The summed E-state index contributed by atoms with van der Waals surface area (Å²) in [6, 6.07) is 12.8. The van der Waals surface area contributed by atoms with Crippen molar-refractivity contribution < 1.29 is 14.6 Å². The highest BCUT2D eigenvalue weighted by molar-refractivity contribution is 5.78. The van der Waals surface area contributed by atoms with Gasteiger partial charge in [-0.25, -0.2) is 0 Å². The number of amides is 1. The first-order chi connectivity index (χ1) is 12.1. The molecule has 3 rings (SSSR count). The van der Waals surface area contributed by atoms with E-state index in [4.69, 9.17) is 4.74 Å². The summed E-state index contributed by atoms with van der Waals surface area (Å²) >= 11 is 0. The Balaban J connectivity index is 1.85. The van der Waals surface area contributed by atoms with Crippen LogP contribution in [0.1, 0.15) is 49.4 Å². The zero-order valence-corrected chi connectivity index (χ0v) is 14.4. The number of methoxy groups -OCH3 is 1. The maximum Gasteiger partial charge on any atom is 0.223 e. The van der Waals surface area contributed by atoms with Gasteiger partial charge in [-0.1, -0.05) is 37.1 Å². The summed E-state index contributed by atoms with van der Waals surface area (Å²) in [5.41, 5.74) is 0.703. The number of ether oxygens (including phenoxy) is 1. The number of hydrogen-bond donors (Lipinski definition) is 2. The van der Waals surface area contributed by atoms with E-state index in [1.54, 1.807) is 13.3 Å². The highest BCUT2D eigenvalue weighted by Crippen LogP contribution is 2.33. The predicted octanol–water partition coefficient (Wildman–Crippen LogP) is 2.99. The largest absolute Gasteiger partial charge is 0.496 e. The van der Waals surface area contributed by atoms with Gasteiger partial charge in [0.05, 0.1) is 30.9 Å². The summed E-state index contributed by atoms with van der Waals surface area (Å²) in [4.78, 5) is 17.0. The second kappa shape index (κ2) is 7.66. The molecule has 1 amide bonds. The summed E-state index contributed by atoms with van der Waals surface area (Å²) in [5, 5.41) is 13.6. The Morgan fingerprint density at radius 2 is 1.96 bits per heavy atom. The van der Waals surface area contributed by atoms with Crippen LogP contribution in [0.3, 0.4) is 0 Å². The number of nitrogens with zero attached hydrogens (tertiary/aromatic N) is 1. The standard InChI is InChI=1S/C20H24N2O3/c1-25-17-10-3-2-8-15(17)19(16-9-4-7-13-21-16)22-18(23)14-20(24)11-5-6-12-20/h2-4,7-10,13,19,24H,5-6,11-12,14H2,1H3,(H,22,23). The van der Waals surface area contributed by atoms with Crippen LogP contribution in [0.2, 0.25) is 0 Å². The summed E-state index contributed by atoms with van der Waals surface area (Å²) in [5.74, 6) is 0.518. The van der Waals surface area contributed by atoms with Crippen molar-refractivity contribution in [1.29, 1.82) is 0 Å². The van der Waals surface area contributed by atoms with Crippen molar-refractivity contribution in [2.24, 2.45) is 0 Å². The molecular formula is C20H24N2O3. The van der Waals surface area contributed by atoms with Crippen LogP contribution < -0.4 is 10.1 Å². The molecule has 1 saturated carbocycles. The van der Waals surface area contributed by atoms with Crippen LogP contribution in [0.5, 0.6) is 5.75 Å². The number of aliphatic hydroxyl groups is 1. The number of carbonyl (C=O) groups is 1. The van der Waals surface area contributed by atoms with Crippen molar-refractivity contribution >= 4 is 5.91 Å². The molecule has 5 heteroatoms. The Labute approximate surface area is 148 Å². The fourth-order valence-electron chi connectivity index (χ4n) is 3.48. The van der Waals surface area contributed by atoms with Gasteiger partial charge in [-0.15, -0.1) is 0 Å². The molecule has 0 saturated heterocycles. The zero-order chi connectivity index (χ0) is 17.7. The molecule has 1 unspecified atom stereocenters. The van der Waals surface area contributed by atoms with Crippen LogP contribution in [-0.4, -0.2) is 28.7 Å². The summed E-state index contributed by atoms with van der Waals surface area (Å²) in [6.45, 7) is 0. The van der Waals surface area contributed by atoms with Gasteiger partial charge in [-0.3, -0.25) is 9.78 Å². The van der Waals surface area contributed by atoms with Crippen LogP contribution in [0.25, 0.3) is 0 Å². The highest BCUT2D eigenvalue weighted by atomic mass is 16.5. The van der Waals surface area contributed by atoms with E-state index in [0.29, 0.717) is 18.6 Å². The summed E-state index contributed by atoms with van der Waals surface area (Å²) < 4.78 is 5.45. The Morgan fingerprint density at radius 3 is 2.64 bits per heavy atom. The molecule has 0 bridgehead atoms.